The van der Waals surface area contributed by atoms with Crippen LogP contribution in [0.2, 0.25) is 0 Å². The first kappa shape index (κ1) is 17.0. The van der Waals surface area contributed by atoms with Crippen LogP contribution < -0.4 is 16.4 Å². The molecule has 5 nitrogen and oxygen atoms in total. The van der Waals surface area contributed by atoms with E-state index >= 15 is 0 Å². The normalized spacial score (nSPS) is 15.7. The first-order valence-electron chi connectivity index (χ1n) is 8.15. The van der Waals surface area contributed by atoms with Crippen LogP contribution in [0.25, 0.3) is 0 Å². The molecule has 5 heteroatoms. The van der Waals surface area contributed by atoms with Crippen LogP contribution in [0.3, 0.4) is 0 Å². The zero-order valence-electron chi connectivity index (χ0n) is 13.3. The Hall–Kier alpha value is -2.32. The molecule has 23 heavy (non-hydrogen) atoms. The van der Waals surface area contributed by atoms with E-state index in [9.17, 15) is 4.79 Å². The molecule has 1 aromatic rings. The van der Waals surface area contributed by atoms with Crippen LogP contribution in [0.1, 0.15) is 43.2 Å². The third-order valence-electron chi connectivity index (χ3n) is 4.09. The lowest BCUT2D eigenvalue weighted by Gasteiger charge is -2.22. The van der Waals surface area contributed by atoms with E-state index in [-0.39, 0.29) is 17.5 Å². The fraction of sp³-hybridized carbons (Fsp3) is 0.444. The largest absolute Gasteiger partial charge is 0.386 e. The summed E-state index contributed by atoms with van der Waals surface area (Å²) in [6, 6.07) is 10.1. The summed E-state index contributed by atoms with van der Waals surface area (Å²) in [5.74, 6) is -0.289. The lowest BCUT2D eigenvalue weighted by molar-refractivity contribution is -0.118. The van der Waals surface area contributed by atoms with Crippen molar-refractivity contribution in [1.29, 1.82) is 5.26 Å². The first-order valence-corrected chi connectivity index (χ1v) is 8.15. The second-order valence-corrected chi connectivity index (χ2v) is 5.88. The van der Waals surface area contributed by atoms with Gasteiger partial charge in [-0.05, 0) is 24.0 Å². The van der Waals surface area contributed by atoms with E-state index in [0.29, 0.717) is 13.1 Å². The van der Waals surface area contributed by atoms with Crippen LogP contribution in [0.5, 0.6) is 0 Å². The van der Waals surface area contributed by atoms with Crippen molar-refractivity contribution in [3.8, 4) is 6.07 Å². The number of hydrogen-bond donors (Lipinski definition) is 3. The highest BCUT2D eigenvalue weighted by Crippen LogP contribution is 2.17. The number of amides is 1. The number of carbonyl (C=O) groups excluding carboxylic acids is 1. The van der Waals surface area contributed by atoms with Crippen LogP contribution in [0.15, 0.2) is 36.0 Å². The van der Waals surface area contributed by atoms with E-state index in [2.05, 4.69) is 10.6 Å². The molecule has 0 aliphatic heterocycles. The van der Waals surface area contributed by atoms with Crippen molar-refractivity contribution in [2.45, 2.75) is 51.2 Å². The molecular weight excluding hydrogens is 288 g/mol. The molecule has 0 unspecified atom stereocenters. The van der Waals surface area contributed by atoms with Gasteiger partial charge in [0.1, 0.15) is 11.6 Å². The van der Waals surface area contributed by atoms with Gasteiger partial charge in [-0.1, -0.05) is 43.5 Å². The summed E-state index contributed by atoms with van der Waals surface area (Å²) in [6.45, 7) is 1.05. The number of nitrogens with zero attached hydrogens (tertiary/aromatic N) is 1. The van der Waals surface area contributed by atoms with Gasteiger partial charge >= 0.3 is 0 Å². The number of carbonyl (C=O) groups is 1. The zero-order valence-corrected chi connectivity index (χ0v) is 13.3. The maximum atomic E-state index is 12.1. The van der Waals surface area contributed by atoms with Crippen molar-refractivity contribution in [3.05, 3.63) is 47.2 Å². The third kappa shape index (κ3) is 5.42. The summed E-state index contributed by atoms with van der Waals surface area (Å²) in [5, 5.41) is 15.2. The molecule has 1 amide bonds. The molecule has 122 valence electrons. The molecule has 1 saturated carbocycles. The smallest absolute Gasteiger partial charge is 0.263 e. The van der Waals surface area contributed by atoms with Gasteiger partial charge in [0.2, 0.25) is 0 Å². The summed E-state index contributed by atoms with van der Waals surface area (Å²) in [4.78, 5) is 12.1. The second-order valence-electron chi connectivity index (χ2n) is 5.88. The Bertz CT molecular complexity index is 597. The SMILES string of the molecule is N#C/C(=C/NCc1cccc(CN)c1)C(=O)NC1CCCCC1. The molecule has 0 atom stereocenters. The van der Waals surface area contributed by atoms with Crippen molar-refractivity contribution >= 4 is 5.91 Å². The van der Waals surface area contributed by atoms with Crippen molar-refractivity contribution in [3.63, 3.8) is 0 Å². The average Bonchev–Trinajstić information content (AvgIpc) is 2.59. The Balaban J connectivity index is 1.87. The Morgan fingerprint density at radius 1 is 1.30 bits per heavy atom. The van der Waals surface area contributed by atoms with Crippen LogP contribution in [0.4, 0.5) is 0 Å². The molecule has 0 heterocycles. The van der Waals surface area contributed by atoms with Gasteiger partial charge in [-0.15, -0.1) is 0 Å². The fourth-order valence-corrected chi connectivity index (χ4v) is 2.80. The monoisotopic (exact) mass is 312 g/mol. The summed E-state index contributed by atoms with van der Waals surface area (Å²) < 4.78 is 0. The van der Waals surface area contributed by atoms with Crippen LogP contribution >= 0.6 is 0 Å². The number of nitrogens with one attached hydrogen (secondary N) is 2. The maximum absolute atomic E-state index is 12.1. The third-order valence-corrected chi connectivity index (χ3v) is 4.09. The fourth-order valence-electron chi connectivity index (χ4n) is 2.80. The first-order chi connectivity index (χ1) is 11.2. The van der Waals surface area contributed by atoms with E-state index in [1.165, 1.54) is 12.6 Å². The highest BCUT2D eigenvalue weighted by atomic mass is 16.1. The lowest BCUT2D eigenvalue weighted by Crippen LogP contribution is -2.37. The number of benzene rings is 1. The molecule has 0 aromatic heterocycles. The Morgan fingerprint density at radius 2 is 2.04 bits per heavy atom. The maximum Gasteiger partial charge on any atom is 0.263 e. The van der Waals surface area contributed by atoms with Crippen LogP contribution in [-0.2, 0) is 17.9 Å². The van der Waals surface area contributed by atoms with Gasteiger partial charge in [0, 0.05) is 25.3 Å². The molecule has 0 bridgehead atoms. The summed E-state index contributed by atoms with van der Waals surface area (Å²) in [6.07, 6.45) is 7.02. The predicted molar refractivity (Wildman–Crippen MR) is 89.9 cm³/mol. The van der Waals surface area contributed by atoms with Crippen molar-refractivity contribution in [2.24, 2.45) is 5.73 Å². The Morgan fingerprint density at radius 3 is 2.74 bits per heavy atom. The van der Waals surface area contributed by atoms with Crippen LogP contribution in [-0.4, -0.2) is 11.9 Å². The van der Waals surface area contributed by atoms with E-state index in [1.807, 2.05) is 30.3 Å². The minimum absolute atomic E-state index is 0.116. The van der Waals surface area contributed by atoms with Gasteiger partial charge in [-0.25, -0.2) is 0 Å². The van der Waals surface area contributed by atoms with Gasteiger partial charge in [-0.2, -0.15) is 5.26 Å². The Kier molecular flexibility index (Phi) is 6.64. The van der Waals surface area contributed by atoms with E-state index in [4.69, 9.17) is 11.0 Å². The average molecular weight is 312 g/mol. The van der Waals surface area contributed by atoms with Gasteiger partial charge in [0.25, 0.3) is 5.91 Å². The van der Waals surface area contributed by atoms with Gasteiger partial charge in [0.15, 0.2) is 0 Å². The minimum atomic E-state index is -0.289. The van der Waals surface area contributed by atoms with Gasteiger partial charge in [-0.3, -0.25) is 4.79 Å². The zero-order chi connectivity index (χ0) is 16.5. The molecular formula is C18H24N4O. The molecule has 1 aromatic carbocycles. The summed E-state index contributed by atoms with van der Waals surface area (Å²) in [7, 11) is 0. The molecule has 2 rings (SSSR count). The van der Waals surface area contributed by atoms with Crippen molar-refractivity contribution in [2.75, 3.05) is 0 Å². The van der Waals surface area contributed by atoms with E-state index in [0.717, 1.165) is 36.8 Å². The number of nitrogens with two attached hydrogens (primary N) is 1. The predicted octanol–water partition coefficient (Wildman–Crippen LogP) is 2.09. The molecule has 4 N–H and O–H groups in total. The molecule has 0 radical (unpaired) electrons. The molecule has 0 saturated heterocycles. The van der Waals surface area contributed by atoms with Crippen LogP contribution in [0, 0.1) is 11.3 Å². The van der Waals surface area contributed by atoms with E-state index < -0.39 is 0 Å². The molecule has 1 fully saturated rings. The quantitative estimate of drug-likeness (QED) is 0.554. The molecule has 1 aliphatic carbocycles. The molecule has 0 spiro atoms. The topological polar surface area (TPSA) is 90.9 Å². The summed E-state index contributed by atoms with van der Waals surface area (Å²) >= 11 is 0. The standard InChI is InChI=1S/C18H24N4O/c19-10-14-5-4-6-15(9-14)12-21-13-16(11-20)18(23)22-17-7-2-1-3-8-17/h4-6,9,13,17,21H,1-3,7-8,10,12,19H2,(H,22,23)/b16-13-. The van der Waals surface area contributed by atoms with Gasteiger partial charge in [0.05, 0.1) is 0 Å². The van der Waals surface area contributed by atoms with E-state index in [1.54, 1.807) is 0 Å². The summed E-state index contributed by atoms with van der Waals surface area (Å²) in [5.41, 5.74) is 7.86. The highest BCUT2D eigenvalue weighted by Gasteiger charge is 2.17. The van der Waals surface area contributed by atoms with Crippen molar-refractivity contribution in [1.82, 2.24) is 10.6 Å². The number of nitriles is 1. The van der Waals surface area contributed by atoms with Crippen molar-refractivity contribution < 1.29 is 4.79 Å². The Labute approximate surface area is 137 Å². The number of hydrogen-bond acceptors (Lipinski definition) is 4. The highest BCUT2D eigenvalue weighted by molar-refractivity contribution is 5.97. The molecule has 1 aliphatic rings. The minimum Gasteiger partial charge on any atom is -0.386 e. The second kappa shape index (κ2) is 8.96. The van der Waals surface area contributed by atoms with Gasteiger partial charge < -0.3 is 16.4 Å². The lowest BCUT2D eigenvalue weighted by atomic mass is 9.95. The number of rotatable bonds is 6.